The molecule has 4 heterocycles. The maximum Gasteiger partial charge on any atom is 0.169 e. The average Bonchev–Trinajstić information content (AvgIpc) is 3.22. The first-order chi connectivity index (χ1) is 12.1. The van der Waals surface area contributed by atoms with Crippen molar-refractivity contribution < 1.29 is 0 Å². The maximum absolute atomic E-state index is 5.51. The van der Waals surface area contributed by atoms with Crippen molar-refractivity contribution in [2.75, 3.05) is 7.05 Å². The Morgan fingerprint density at radius 2 is 1.96 bits per heavy atom. The zero-order chi connectivity index (χ0) is 17.4. The van der Waals surface area contributed by atoms with E-state index in [-0.39, 0.29) is 12.1 Å². The smallest absolute Gasteiger partial charge is 0.169 e. The average molecular weight is 349 g/mol. The number of nitrogens with one attached hydrogen (secondary N) is 1. The van der Waals surface area contributed by atoms with Gasteiger partial charge in [-0.2, -0.15) is 0 Å². The van der Waals surface area contributed by atoms with E-state index in [0.29, 0.717) is 0 Å². The molecule has 0 unspecified atom stereocenters. The minimum atomic E-state index is -0.00204. The first-order valence-electron chi connectivity index (χ1n) is 8.19. The Morgan fingerprint density at radius 3 is 2.68 bits per heavy atom. The molecule has 1 fully saturated rings. The van der Waals surface area contributed by atoms with Gasteiger partial charge in [0.1, 0.15) is 5.82 Å². The third kappa shape index (κ3) is 2.78. The normalized spacial score (nSPS) is 19.9. The lowest BCUT2D eigenvalue weighted by Crippen LogP contribution is -2.26. The van der Waals surface area contributed by atoms with Gasteiger partial charge in [-0.05, 0) is 55.0 Å². The highest BCUT2D eigenvalue weighted by molar-refractivity contribution is 7.80. The summed E-state index contributed by atoms with van der Waals surface area (Å²) in [5.41, 5.74) is 3.25. The number of hydrogen-bond acceptors (Lipinski definition) is 3. The molecule has 0 amide bonds. The van der Waals surface area contributed by atoms with Gasteiger partial charge >= 0.3 is 0 Å². The molecule has 3 aromatic heterocycles. The summed E-state index contributed by atoms with van der Waals surface area (Å²) in [5, 5.41) is 4.13. The lowest BCUT2D eigenvalue weighted by molar-refractivity contribution is 0.356. The maximum atomic E-state index is 5.51. The Hall–Kier alpha value is -2.73. The minimum absolute atomic E-state index is 0.00204. The standard InChI is InChI=1S/C19H19N5S/c1-13-8-9-16(21-12-13)24-11-5-7-15(24)18-17(22-19(25)23(18)2)14-6-3-4-10-20-14/h3-12,17-18H,1-2H3,(H,22,25)/t17-,18-/m1/s1. The van der Waals surface area contributed by atoms with Crippen LogP contribution in [0, 0.1) is 6.92 Å². The highest BCUT2D eigenvalue weighted by atomic mass is 32.1. The molecule has 1 aliphatic rings. The summed E-state index contributed by atoms with van der Waals surface area (Å²) in [5.74, 6) is 0.900. The molecule has 0 aliphatic carbocycles. The molecule has 1 N–H and O–H groups in total. The van der Waals surface area contributed by atoms with Gasteiger partial charge in [-0.3, -0.25) is 4.98 Å². The van der Waals surface area contributed by atoms with Crippen LogP contribution in [0.4, 0.5) is 0 Å². The number of hydrogen-bond donors (Lipinski definition) is 1. The molecule has 3 aromatic rings. The second kappa shape index (κ2) is 6.29. The Morgan fingerprint density at radius 1 is 1.08 bits per heavy atom. The third-order valence-corrected chi connectivity index (χ3v) is 4.97. The highest BCUT2D eigenvalue weighted by Crippen LogP contribution is 2.38. The number of aryl methyl sites for hydroxylation is 1. The molecule has 0 spiro atoms. The molecular weight excluding hydrogens is 330 g/mol. The fraction of sp³-hybridized carbons (Fsp3) is 0.211. The Labute approximate surface area is 152 Å². The summed E-state index contributed by atoms with van der Waals surface area (Å²) >= 11 is 5.51. The van der Waals surface area contributed by atoms with Gasteiger partial charge in [0.15, 0.2) is 5.11 Å². The van der Waals surface area contributed by atoms with Crippen LogP contribution < -0.4 is 5.32 Å². The number of nitrogens with zero attached hydrogens (tertiary/aromatic N) is 4. The van der Waals surface area contributed by atoms with E-state index >= 15 is 0 Å². The van der Waals surface area contributed by atoms with Crippen molar-refractivity contribution in [3.05, 3.63) is 78.0 Å². The van der Waals surface area contributed by atoms with Crippen LogP contribution in [0.15, 0.2) is 61.1 Å². The monoisotopic (exact) mass is 349 g/mol. The van der Waals surface area contributed by atoms with Crippen molar-refractivity contribution in [3.8, 4) is 5.82 Å². The quantitative estimate of drug-likeness (QED) is 0.736. The van der Waals surface area contributed by atoms with Crippen molar-refractivity contribution in [1.82, 2.24) is 24.8 Å². The highest BCUT2D eigenvalue weighted by Gasteiger charge is 2.39. The molecule has 25 heavy (non-hydrogen) atoms. The molecule has 126 valence electrons. The van der Waals surface area contributed by atoms with Crippen molar-refractivity contribution in [1.29, 1.82) is 0 Å². The Bertz CT molecular complexity index is 888. The predicted molar refractivity (Wildman–Crippen MR) is 102 cm³/mol. The summed E-state index contributed by atoms with van der Waals surface area (Å²) in [7, 11) is 2.02. The molecule has 0 saturated carbocycles. The van der Waals surface area contributed by atoms with Crippen LogP contribution >= 0.6 is 12.2 Å². The lowest BCUT2D eigenvalue weighted by atomic mass is 10.0. The number of likely N-dealkylation sites (N-methyl/N-ethyl adjacent to an activating group) is 1. The number of thiocarbonyl (C=S) groups is 1. The predicted octanol–water partition coefficient (Wildman–Crippen LogP) is 3.18. The second-order valence-electron chi connectivity index (χ2n) is 6.23. The zero-order valence-corrected chi connectivity index (χ0v) is 14.9. The first kappa shape index (κ1) is 15.8. The van der Waals surface area contributed by atoms with Crippen LogP contribution in [-0.2, 0) is 0 Å². The molecule has 1 saturated heterocycles. The van der Waals surface area contributed by atoms with E-state index in [1.54, 1.807) is 0 Å². The molecule has 6 heteroatoms. The van der Waals surface area contributed by atoms with E-state index in [2.05, 4.69) is 36.9 Å². The van der Waals surface area contributed by atoms with Crippen LogP contribution in [0.25, 0.3) is 5.82 Å². The van der Waals surface area contributed by atoms with Gasteiger partial charge in [0.25, 0.3) is 0 Å². The van der Waals surface area contributed by atoms with Gasteiger partial charge in [-0.15, -0.1) is 0 Å². The number of aromatic nitrogens is 3. The number of pyridine rings is 2. The SMILES string of the molecule is Cc1ccc(-n2cccc2[C@@H]2[C@@H](c3ccccn3)NC(=S)N2C)nc1. The third-order valence-electron chi connectivity index (χ3n) is 4.56. The second-order valence-corrected chi connectivity index (χ2v) is 6.62. The van der Waals surface area contributed by atoms with Gasteiger partial charge in [-0.25, -0.2) is 4.98 Å². The molecule has 2 atom stereocenters. The lowest BCUT2D eigenvalue weighted by Gasteiger charge is -2.25. The Balaban J connectivity index is 1.78. The molecule has 4 rings (SSSR count). The van der Waals surface area contributed by atoms with Crippen molar-refractivity contribution in [3.63, 3.8) is 0 Å². The summed E-state index contributed by atoms with van der Waals surface area (Å²) < 4.78 is 2.12. The van der Waals surface area contributed by atoms with E-state index in [1.807, 2.05) is 62.9 Å². The van der Waals surface area contributed by atoms with Gasteiger partial charge in [0, 0.05) is 31.3 Å². The molecule has 0 aromatic carbocycles. The van der Waals surface area contributed by atoms with E-state index in [4.69, 9.17) is 12.2 Å². The van der Waals surface area contributed by atoms with Crippen LogP contribution in [-0.4, -0.2) is 31.6 Å². The fourth-order valence-electron chi connectivity index (χ4n) is 3.27. The van der Waals surface area contributed by atoms with Gasteiger partial charge in [-0.1, -0.05) is 12.1 Å². The van der Waals surface area contributed by atoms with Crippen molar-refractivity contribution in [2.45, 2.75) is 19.0 Å². The molecule has 5 nitrogen and oxygen atoms in total. The summed E-state index contributed by atoms with van der Waals surface area (Å²) in [6.45, 7) is 2.04. The summed E-state index contributed by atoms with van der Waals surface area (Å²) in [6, 6.07) is 14.3. The van der Waals surface area contributed by atoms with Crippen molar-refractivity contribution >= 4 is 17.3 Å². The molecule has 1 aliphatic heterocycles. The summed E-state index contributed by atoms with van der Waals surface area (Å²) in [6.07, 6.45) is 5.74. The fourth-order valence-corrected chi connectivity index (χ4v) is 3.52. The van der Waals surface area contributed by atoms with Crippen LogP contribution in [0.1, 0.15) is 29.0 Å². The van der Waals surface area contributed by atoms with Crippen molar-refractivity contribution in [2.24, 2.45) is 0 Å². The molecular formula is C19H19N5S. The summed E-state index contributed by atoms with van der Waals surface area (Å²) in [4.78, 5) is 11.2. The number of rotatable bonds is 3. The van der Waals surface area contributed by atoms with Gasteiger partial charge in [0.2, 0.25) is 0 Å². The Kier molecular flexibility index (Phi) is 3.97. The van der Waals surface area contributed by atoms with E-state index < -0.39 is 0 Å². The van der Waals surface area contributed by atoms with E-state index in [1.165, 1.54) is 0 Å². The van der Waals surface area contributed by atoms with Crippen LogP contribution in [0.2, 0.25) is 0 Å². The van der Waals surface area contributed by atoms with Gasteiger partial charge < -0.3 is 14.8 Å². The van der Waals surface area contributed by atoms with E-state index in [9.17, 15) is 0 Å². The van der Waals surface area contributed by atoms with Crippen LogP contribution in [0.5, 0.6) is 0 Å². The zero-order valence-electron chi connectivity index (χ0n) is 14.1. The van der Waals surface area contributed by atoms with Gasteiger partial charge in [0.05, 0.1) is 17.8 Å². The molecule has 0 radical (unpaired) electrons. The minimum Gasteiger partial charge on any atom is -0.352 e. The van der Waals surface area contributed by atoms with E-state index in [0.717, 1.165) is 27.9 Å². The topological polar surface area (TPSA) is 46.0 Å². The first-order valence-corrected chi connectivity index (χ1v) is 8.60. The largest absolute Gasteiger partial charge is 0.352 e. The van der Waals surface area contributed by atoms with Crippen LogP contribution in [0.3, 0.4) is 0 Å². The molecule has 0 bridgehead atoms.